The van der Waals surface area contributed by atoms with Gasteiger partial charge < -0.3 is 0 Å². The first-order valence-electron chi connectivity index (χ1n) is 2.62. The summed E-state index contributed by atoms with van der Waals surface area (Å²) in [6.45, 7) is 0. The molecule has 0 bridgehead atoms. The van der Waals surface area contributed by atoms with Crippen molar-refractivity contribution in [2.45, 2.75) is 0 Å². The van der Waals surface area contributed by atoms with Crippen molar-refractivity contribution in [1.29, 1.82) is 0 Å². The fourth-order valence-corrected chi connectivity index (χ4v) is 1.19. The molecular formula is C4N4O2S. The van der Waals surface area contributed by atoms with E-state index in [1.807, 2.05) is 0 Å². The van der Waals surface area contributed by atoms with Gasteiger partial charge in [0.15, 0.2) is 11.4 Å². The third-order valence-corrected chi connectivity index (χ3v) is 1.65. The smallest absolute Gasteiger partial charge is 0.263 e. The molecule has 0 fully saturated rings. The van der Waals surface area contributed by atoms with E-state index >= 15 is 0 Å². The minimum absolute atomic E-state index is 0.00926. The van der Waals surface area contributed by atoms with Crippen molar-refractivity contribution < 1.29 is 9.59 Å². The van der Waals surface area contributed by atoms with Crippen molar-refractivity contribution in [3.8, 4) is 0 Å². The third-order valence-electron chi connectivity index (χ3n) is 1.13. The number of hydrogen-bond acceptors (Lipinski definition) is 5. The molecule has 54 valence electrons. The Bertz CT molecular complexity index is 335. The normalized spacial score (nSPS) is 15.3. The standard InChI is InChI=1S/C4N4O2S/c9-3-1-2(8-11-7-1)4(10)6-5-3. The van der Waals surface area contributed by atoms with Crippen LogP contribution in [-0.4, -0.2) is 20.6 Å². The molecule has 2 heterocycles. The summed E-state index contributed by atoms with van der Waals surface area (Å²) < 4.78 is 7.19. The number of azo groups is 1. The summed E-state index contributed by atoms with van der Waals surface area (Å²) in [6, 6.07) is 0. The Hall–Kier alpha value is -1.50. The summed E-state index contributed by atoms with van der Waals surface area (Å²) in [7, 11) is 0. The SMILES string of the molecule is O=C1N=NC(=O)c2nsnc21. The molecule has 1 aromatic heterocycles. The second-order valence-corrected chi connectivity index (χ2v) is 2.30. The number of hydrogen-bond donors (Lipinski definition) is 0. The van der Waals surface area contributed by atoms with Gasteiger partial charge in [-0.3, -0.25) is 9.59 Å². The van der Waals surface area contributed by atoms with Gasteiger partial charge in [-0.15, -0.1) is 10.2 Å². The van der Waals surface area contributed by atoms with Gasteiger partial charge in [-0.05, 0) is 0 Å². The fraction of sp³-hybridized carbons (Fsp3) is 0. The minimum atomic E-state index is -0.603. The van der Waals surface area contributed by atoms with Crippen LogP contribution in [0.15, 0.2) is 10.2 Å². The molecule has 0 aromatic carbocycles. The second-order valence-electron chi connectivity index (χ2n) is 1.77. The highest BCUT2D eigenvalue weighted by Gasteiger charge is 2.26. The van der Waals surface area contributed by atoms with Crippen LogP contribution in [0.3, 0.4) is 0 Å². The Morgan fingerprint density at radius 3 is 1.82 bits per heavy atom. The lowest BCUT2D eigenvalue weighted by molar-refractivity contribution is 0.0915. The molecule has 7 heteroatoms. The van der Waals surface area contributed by atoms with Gasteiger partial charge in [-0.1, -0.05) is 0 Å². The van der Waals surface area contributed by atoms with Gasteiger partial charge in [-0.25, -0.2) is 0 Å². The van der Waals surface area contributed by atoms with Crippen LogP contribution in [0.25, 0.3) is 0 Å². The van der Waals surface area contributed by atoms with E-state index in [9.17, 15) is 9.59 Å². The number of fused-ring (bicyclic) bond motifs is 1. The molecule has 11 heavy (non-hydrogen) atoms. The number of aromatic nitrogens is 2. The van der Waals surface area contributed by atoms with Crippen molar-refractivity contribution in [3.63, 3.8) is 0 Å². The van der Waals surface area contributed by atoms with Gasteiger partial charge >= 0.3 is 11.8 Å². The number of nitrogens with zero attached hydrogens (tertiary/aromatic N) is 4. The van der Waals surface area contributed by atoms with Crippen molar-refractivity contribution in [2.24, 2.45) is 10.2 Å². The second kappa shape index (κ2) is 1.99. The molecule has 1 aliphatic heterocycles. The summed E-state index contributed by atoms with van der Waals surface area (Å²) in [5.74, 6) is -1.21. The molecule has 0 atom stereocenters. The van der Waals surface area contributed by atoms with Gasteiger partial charge in [0.05, 0.1) is 11.7 Å². The van der Waals surface area contributed by atoms with E-state index in [0.717, 1.165) is 11.7 Å². The van der Waals surface area contributed by atoms with Crippen molar-refractivity contribution in [3.05, 3.63) is 11.4 Å². The van der Waals surface area contributed by atoms with Crippen LogP contribution in [0.2, 0.25) is 0 Å². The largest absolute Gasteiger partial charge is 0.317 e. The maximum absolute atomic E-state index is 10.8. The predicted octanol–water partition coefficient (Wildman–Crippen LogP) is 0.284. The van der Waals surface area contributed by atoms with Crippen LogP contribution in [-0.2, 0) is 0 Å². The summed E-state index contributed by atoms with van der Waals surface area (Å²) in [5.41, 5.74) is 0.0185. The molecule has 1 aromatic rings. The van der Waals surface area contributed by atoms with Crippen molar-refractivity contribution in [1.82, 2.24) is 8.75 Å². The van der Waals surface area contributed by atoms with Gasteiger partial charge in [0.1, 0.15) is 0 Å². The van der Waals surface area contributed by atoms with E-state index in [0.29, 0.717) is 0 Å². The molecule has 6 nitrogen and oxygen atoms in total. The third kappa shape index (κ3) is 0.777. The lowest BCUT2D eigenvalue weighted by Crippen LogP contribution is -2.10. The highest BCUT2D eigenvalue weighted by Crippen LogP contribution is 2.13. The van der Waals surface area contributed by atoms with Gasteiger partial charge in [0.25, 0.3) is 0 Å². The quantitative estimate of drug-likeness (QED) is 0.557. The zero-order chi connectivity index (χ0) is 7.84. The van der Waals surface area contributed by atoms with Crippen LogP contribution >= 0.6 is 11.7 Å². The highest BCUT2D eigenvalue weighted by atomic mass is 32.1. The summed E-state index contributed by atoms with van der Waals surface area (Å²) in [4.78, 5) is 21.6. The number of amides is 2. The maximum atomic E-state index is 10.8. The van der Waals surface area contributed by atoms with Gasteiger partial charge in [0.2, 0.25) is 0 Å². The molecular weight excluding hydrogens is 168 g/mol. The first-order valence-corrected chi connectivity index (χ1v) is 3.35. The Kier molecular flexibility index (Phi) is 1.13. The van der Waals surface area contributed by atoms with Crippen LogP contribution in [0.1, 0.15) is 21.0 Å². The number of carbonyl (C=O) groups excluding carboxylic acids is 2. The zero-order valence-electron chi connectivity index (χ0n) is 5.01. The maximum Gasteiger partial charge on any atom is 0.317 e. The Morgan fingerprint density at radius 1 is 0.909 bits per heavy atom. The van der Waals surface area contributed by atoms with Crippen molar-refractivity contribution in [2.75, 3.05) is 0 Å². The fourth-order valence-electron chi connectivity index (χ4n) is 0.655. The van der Waals surface area contributed by atoms with E-state index < -0.39 is 11.8 Å². The first-order chi connectivity index (χ1) is 5.29. The van der Waals surface area contributed by atoms with Gasteiger partial charge in [0, 0.05) is 0 Å². The van der Waals surface area contributed by atoms with Crippen LogP contribution in [0, 0.1) is 0 Å². The molecule has 0 spiro atoms. The Labute approximate surface area is 64.3 Å². The monoisotopic (exact) mass is 168 g/mol. The summed E-state index contributed by atoms with van der Waals surface area (Å²) in [6.07, 6.45) is 0. The molecule has 2 amide bonds. The van der Waals surface area contributed by atoms with E-state index in [4.69, 9.17) is 0 Å². The van der Waals surface area contributed by atoms with E-state index in [1.165, 1.54) is 0 Å². The van der Waals surface area contributed by atoms with Crippen LogP contribution in [0.5, 0.6) is 0 Å². The minimum Gasteiger partial charge on any atom is -0.263 e. The first kappa shape index (κ1) is 6.23. The molecule has 2 rings (SSSR count). The summed E-state index contributed by atoms with van der Waals surface area (Å²) in [5, 5.41) is 6.13. The lowest BCUT2D eigenvalue weighted by atomic mass is 10.3. The number of carbonyl (C=O) groups is 2. The molecule has 0 radical (unpaired) electrons. The van der Waals surface area contributed by atoms with Gasteiger partial charge in [-0.2, -0.15) is 8.75 Å². The van der Waals surface area contributed by atoms with Crippen LogP contribution in [0.4, 0.5) is 0 Å². The van der Waals surface area contributed by atoms with E-state index in [1.54, 1.807) is 0 Å². The summed E-state index contributed by atoms with van der Waals surface area (Å²) >= 11 is 0.801. The van der Waals surface area contributed by atoms with E-state index in [2.05, 4.69) is 19.0 Å². The predicted molar refractivity (Wildman–Crippen MR) is 33.4 cm³/mol. The highest BCUT2D eigenvalue weighted by molar-refractivity contribution is 6.99. The lowest BCUT2D eigenvalue weighted by Gasteiger charge is -1.94. The molecule has 0 saturated heterocycles. The molecule has 0 N–H and O–H groups in total. The molecule has 0 saturated carbocycles. The average Bonchev–Trinajstić information content (AvgIpc) is 2.45. The Morgan fingerprint density at radius 2 is 1.36 bits per heavy atom. The topological polar surface area (TPSA) is 84.6 Å². The van der Waals surface area contributed by atoms with Crippen molar-refractivity contribution >= 4 is 23.5 Å². The van der Waals surface area contributed by atoms with E-state index in [-0.39, 0.29) is 11.4 Å². The molecule has 0 aliphatic carbocycles. The average molecular weight is 168 g/mol. The molecule has 0 unspecified atom stereocenters. The number of rotatable bonds is 0. The van der Waals surface area contributed by atoms with Crippen LogP contribution < -0.4 is 0 Å². The zero-order valence-corrected chi connectivity index (χ0v) is 5.83. The Balaban J connectivity index is 2.68. The molecule has 1 aliphatic rings.